The van der Waals surface area contributed by atoms with Crippen LogP contribution in [0.25, 0.3) is 0 Å². The second-order valence-electron chi connectivity index (χ2n) is 4.99. The third-order valence-electron chi connectivity index (χ3n) is 1.97. The smallest absolute Gasteiger partial charge is 0.315 e. The number of methoxy groups -OCH3 is 1. The number of rotatable bonds is 5. The Bertz CT molecular complexity index is 254. The fourth-order valence-electron chi connectivity index (χ4n) is 1.05. The molecule has 16 heavy (non-hydrogen) atoms. The lowest BCUT2D eigenvalue weighted by Crippen LogP contribution is -2.24. The zero-order valence-electron chi connectivity index (χ0n) is 11.2. The largest absolute Gasteiger partial charge is 0.468 e. The van der Waals surface area contributed by atoms with Crippen LogP contribution in [0.5, 0.6) is 0 Å². The molecule has 4 heteroatoms. The van der Waals surface area contributed by atoms with Crippen LogP contribution in [0.4, 0.5) is 0 Å². The molecule has 0 aromatic carbocycles. The molecule has 0 heterocycles. The predicted molar refractivity (Wildman–Crippen MR) is 71.4 cm³/mol. The molecular formula is C12H23NO2S. The molecule has 3 nitrogen and oxygen atoms in total. The molecule has 0 aliphatic carbocycles. The van der Waals surface area contributed by atoms with Crippen molar-refractivity contribution < 1.29 is 9.53 Å². The minimum atomic E-state index is -0.178. The van der Waals surface area contributed by atoms with E-state index in [1.54, 1.807) is 11.8 Å². The Kier molecular flexibility index (Phi) is 6.72. The lowest BCUT2D eigenvalue weighted by atomic mass is 9.91. The summed E-state index contributed by atoms with van der Waals surface area (Å²) in [5, 5.41) is 0. The maximum absolute atomic E-state index is 11.0. The monoisotopic (exact) mass is 245 g/mol. The Morgan fingerprint density at radius 1 is 1.31 bits per heavy atom. The van der Waals surface area contributed by atoms with Gasteiger partial charge in [0.25, 0.3) is 0 Å². The van der Waals surface area contributed by atoms with Crippen molar-refractivity contribution in [1.82, 2.24) is 0 Å². The molecule has 0 spiro atoms. The molecule has 0 saturated carbocycles. The highest BCUT2D eigenvalue weighted by molar-refractivity contribution is 8.00. The molecule has 0 radical (unpaired) electrons. The van der Waals surface area contributed by atoms with Gasteiger partial charge in [-0.25, -0.2) is 0 Å². The lowest BCUT2D eigenvalue weighted by Gasteiger charge is -2.22. The number of esters is 1. The van der Waals surface area contributed by atoms with Gasteiger partial charge >= 0.3 is 5.97 Å². The first-order valence-corrected chi connectivity index (χ1v) is 6.64. The van der Waals surface area contributed by atoms with Crippen molar-refractivity contribution in [2.75, 3.05) is 18.6 Å². The Balaban J connectivity index is 4.31. The van der Waals surface area contributed by atoms with Crippen LogP contribution in [-0.2, 0) is 9.53 Å². The van der Waals surface area contributed by atoms with Gasteiger partial charge in [0.1, 0.15) is 0 Å². The SMILES string of the molecule is COC(=O)CSCC(=NC(C)C)C(C)(C)C. The van der Waals surface area contributed by atoms with E-state index in [9.17, 15) is 4.79 Å². The second-order valence-corrected chi connectivity index (χ2v) is 5.97. The fourth-order valence-corrected chi connectivity index (χ4v) is 2.14. The quantitative estimate of drug-likeness (QED) is 0.552. The van der Waals surface area contributed by atoms with Gasteiger partial charge in [-0.3, -0.25) is 9.79 Å². The summed E-state index contributed by atoms with van der Waals surface area (Å²) < 4.78 is 4.60. The molecule has 0 fully saturated rings. The molecule has 94 valence electrons. The summed E-state index contributed by atoms with van der Waals surface area (Å²) in [6.45, 7) is 10.6. The highest BCUT2D eigenvalue weighted by Crippen LogP contribution is 2.20. The molecule has 0 N–H and O–H groups in total. The third-order valence-corrected chi connectivity index (χ3v) is 2.88. The van der Waals surface area contributed by atoms with E-state index in [4.69, 9.17) is 0 Å². The summed E-state index contributed by atoms with van der Waals surface area (Å²) >= 11 is 1.56. The van der Waals surface area contributed by atoms with Gasteiger partial charge in [0, 0.05) is 22.9 Å². The molecule has 0 aliphatic rings. The van der Waals surface area contributed by atoms with E-state index >= 15 is 0 Å². The first-order chi connectivity index (χ1) is 7.27. The van der Waals surface area contributed by atoms with E-state index in [0.717, 1.165) is 11.5 Å². The lowest BCUT2D eigenvalue weighted by molar-refractivity contribution is -0.137. The van der Waals surface area contributed by atoms with E-state index in [1.807, 2.05) is 0 Å². The van der Waals surface area contributed by atoms with Crippen LogP contribution in [0, 0.1) is 5.41 Å². The average molecular weight is 245 g/mol. The first-order valence-electron chi connectivity index (χ1n) is 5.49. The molecular weight excluding hydrogens is 222 g/mol. The third kappa shape index (κ3) is 6.88. The maximum atomic E-state index is 11.0. The summed E-state index contributed by atoms with van der Waals surface area (Å²) in [6.07, 6.45) is 0. The number of thioether (sulfide) groups is 1. The second kappa shape index (κ2) is 6.94. The van der Waals surface area contributed by atoms with Gasteiger partial charge in [-0.05, 0) is 13.8 Å². The van der Waals surface area contributed by atoms with E-state index in [2.05, 4.69) is 44.3 Å². The van der Waals surface area contributed by atoms with Crippen molar-refractivity contribution in [2.24, 2.45) is 10.4 Å². The zero-order chi connectivity index (χ0) is 12.8. The number of nitrogens with zero attached hydrogens (tertiary/aromatic N) is 1. The molecule has 0 rings (SSSR count). The van der Waals surface area contributed by atoms with Crippen LogP contribution in [0.1, 0.15) is 34.6 Å². The van der Waals surface area contributed by atoms with Crippen molar-refractivity contribution in [2.45, 2.75) is 40.7 Å². The highest BCUT2D eigenvalue weighted by Gasteiger charge is 2.19. The van der Waals surface area contributed by atoms with Gasteiger partial charge in [-0.1, -0.05) is 20.8 Å². The van der Waals surface area contributed by atoms with E-state index in [-0.39, 0.29) is 11.4 Å². The van der Waals surface area contributed by atoms with Crippen molar-refractivity contribution in [3.05, 3.63) is 0 Å². The molecule has 0 unspecified atom stereocenters. The number of hydrogen-bond acceptors (Lipinski definition) is 4. The zero-order valence-corrected chi connectivity index (χ0v) is 12.0. The highest BCUT2D eigenvalue weighted by atomic mass is 32.2. The summed E-state index contributed by atoms with van der Waals surface area (Å²) in [5.74, 6) is 1.00. The van der Waals surface area contributed by atoms with Gasteiger partial charge in [-0.15, -0.1) is 11.8 Å². The minimum absolute atomic E-state index is 0.0629. The van der Waals surface area contributed by atoms with Crippen LogP contribution in [0.15, 0.2) is 4.99 Å². The molecule has 0 bridgehead atoms. The molecule has 0 aliphatic heterocycles. The summed E-state index contributed by atoms with van der Waals surface area (Å²) in [5.41, 5.74) is 1.21. The normalized spacial score (nSPS) is 13.1. The number of aliphatic imine (C=N–C) groups is 1. The summed E-state index contributed by atoms with van der Waals surface area (Å²) in [4.78, 5) is 15.6. The van der Waals surface area contributed by atoms with Gasteiger partial charge in [0.15, 0.2) is 0 Å². The van der Waals surface area contributed by atoms with Gasteiger partial charge in [-0.2, -0.15) is 0 Å². The Morgan fingerprint density at radius 2 is 1.88 bits per heavy atom. The number of hydrogen-bond donors (Lipinski definition) is 0. The van der Waals surface area contributed by atoms with Crippen LogP contribution in [0.2, 0.25) is 0 Å². The molecule has 0 aromatic rings. The number of ether oxygens (including phenoxy) is 1. The molecule has 0 amide bonds. The van der Waals surface area contributed by atoms with Crippen LogP contribution in [-0.4, -0.2) is 36.3 Å². The van der Waals surface area contributed by atoms with E-state index in [0.29, 0.717) is 11.8 Å². The topological polar surface area (TPSA) is 38.7 Å². The van der Waals surface area contributed by atoms with Crippen molar-refractivity contribution >= 4 is 23.4 Å². The Hall–Kier alpha value is -0.510. The maximum Gasteiger partial charge on any atom is 0.315 e. The predicted octanol–water partition coefficient (Wildman–Crippen LogP) is 2.79. The van der Waals surface area contributed by atoms with Crippen molar-refractivity contribution in [3.8, 4) is 0 Å². The molecule has 0 aromatic heterocycles. The van der Waals surface area contributed by atoms with Crippen LogP contribution in [0.3, 0.4) is 0 Å². The van der Waals surface area contributed by atoms with Crippen molar-refractivity contribution in [3.63, 3.8) is 0 Å². The van der Waals surface area contributed by atoms with Gasteiger partial charge in [0.05, 0.1) is 12.9 Å². The van der Waals surface area contributed by atoms with Gasteiger partial charge < -0.3 is 4.74 Å². The molecule has 0 saturated heterocycles. The standard InChI is InChI=1S/C12H23NO2S/c1-9(2)13-10(12(3,4)5)7-16-8-11(14)15-6/h9H,7-8H2,1-6H3. The number of carbonyl (C=O) groups is 1. The van der Waals surface area contributed by atoms with Crippen LogP contribution < -0.4 is 0 Å². The van der Waals surface area contributed by atoms with E-state index in [1.165, 1.54) is 7.11 Å². The fraction of sp³-hybridized carbons (Fsp3) is 0.833. The minimum Gasteiger partial charge on any atom is -0.468 e. The average Bonchev–Trinajstić information content (AvgIpc) is 2.13. The number of carbonyl (C=O) groups excluding carboxylic acids is 1. The van der Waals surface area contributed by atoms with E-state index < -0.39 is 0 Å². The van der Waals surface area contributed by atoms with Crippen molar-refractivity contribution in [1.29, 1.82) is 0 Å². The van der Waals surface area contributed by atoms with Gasteiger partial charge in [0.2, 0.25) is 0 Å². The summed E-state index contributed by atoms with van der Waals surface area (Å²) in [6, 6.07) is 0.299. The first kappa shape index (κ1) is 15.5. The Morgan fingerprint density at radius 3 is 2.25 bits per heavy atom. The molecule has 0 atom stereocenters. The Labute approximate surface area is 103 Å². The van der Waals surface area contributed by atoms with Crippen LogP contribution >= 0.6 is 11.8 Å². The summed E-state index contributed by atoms with van der Waals surface area (Å²) in [7, 11) is 1.41.